The Morgan fingerprint density at radius 3 is 1.46 bits per heavy atom. The van der Waals surface area contributed by atoms with Crippen LogP contribution < -0.4 is 0 Å². The fourth-order valence-electron chi connectivity index (χ4n) is 8.21. The summed E-state index contributed by atoms with van der Waals surface area (Å²) >= 11 is 0. The van der Waals surface area contributed by atoms with Gasteiger partial charge >= 0.3 is 5.97 Å². The van der Waals surface area contributed by atoms with Gasteiger partial charge in [0, 0.05) is 13.0 Å². The average molecular weight is 893 g/mol. The van der Waals surface area contributed by atoms with E-state index in [-0.39, 0.29) is 19.2 Å². The normalized spacial score (nSPS) is 19.9. The van der Waals surface area contributed by atoms with E-state index in [1.807, 2.05) is 0 Å². The number of hydrogen-bond donors (Lipinski definition) is 4. The number of carbonyl (C=O) groups is 1. The van der Waals surface area contributed by atoms with Gasteiger partial charge in [0.05, 0.1) is 19.8 Å². The van der Waals surface area contributed by atoms with Gasteiger partial charge in [0.2, 0.25) is 0 Å². The molecule has 0 aromatic carbocycles. The minimum absolute atomic E-state index is 0.114. The van der Waals surface area contributed by atoms with Gasteiger partial charge in [0.15, 0.2) is 6.29 Å². The Labute approximate surface area is 387 Å². The lowest BCUT2D eigenvalue weighted by molar-refractivity contribution is -0.305. The first-order chi connectivity index (χ1) is 30.9. The van der Waals surface area contributed by atoms with Gasteiger partial charge in [0.1, 0.15) is 30.5 Å². The Kier molecular flexibility index (Phi) is 43.0. The molecular weight excluding hydrogens is 793 g/mol. The van der Waals surface area contributed by atoms with Crippen molar-refractivity contribution < 1.29 is 44.2 Å². The molecular formula is C54H100O9. The van der Waals surface area contributed by atoms with Crippen LogP contribution in [0.15, 0.2) is 36.5 Å². The van der Waals surface area contributed by atoms with Gasteiger partial charge in [-0.05, 0) is 44.9 Å². The number of esters is 1. The largest absolute Gasteiger partial charge is 0.457 e. The molecule has 1 aliphatic heterocycles. The van der Waals surface area contributed by atoms with Gasteiger partial charge in [-0.3, -0.25) is 4.79 Å². The summed E-state index contributed by atoms with van der Waals surface area (Å²) in [5.41, 5.74) is 0. The Morgan fingerprint density at radius 1 is 0.524 bits per heavy atom. The summed E-state index contributed by atoms with van der Waals surface area (Å²) in [6.07, 6.45) is 49.0. The molecule has 0 aromatic rings. The number of hydrogen-bond acceptors (Lipinski definition) is 9. The summed E-state index contributed by atoms with van der Waals surface area (Å²) in [7, 11) is 0. The molecule has 0 aromatic heterocycles. The van der Waals surface area contributed by atoms with Gasteiger partial charge in [-0.15, -0.1) is 0 Å². The highest BCUT2D eigenvalue weighted by Gasteiger charge is 2.44. The molecule has 0 radical (unpaired) electrons. The summed E-state index contributed by atoms with van der Waals surface area (Å²) in [6, 6.07) is 0. The lowest BCUT2D eigenvalue weighted by Crippen LogP contribution is -2.59. The number of carbonyl (C=O) groups excluding carboxylic acids is 1. The van der Waals surface area contributed by atoms with E-state index in [1.54, 1.807) is 0 Å². The molecule has 370 valence electrons. The minimum atomic E-state index is -1.54. The van der Waals surface area contributed by atoms with Crippen LogP contribution in [0.4, 0.5) is 0 Å². The Hall–Kier alpha value is -1.59. The lowest BCUT2D eigenvalue weighted by Gasteiger charge is -2.39. The van der Waals surface area contributed by atoms with E-state index in [0.717, 1.165) is 57.8 Å². The van der Waals surface area contributed by atoms with Crippen LogP contribution in [0, 0.1) is 0 Å². The zero-order valence-electron chi connectivity index (χ0n) is 40.8. The van der Waals surface area contributed by atoms with Crippen molar-refractivity contribution in [3.05, 3.63) is 36.5 Å². The highest BCUT2D eigenvalue weighted by Crippen LogP contribution is 2.23. The number of rotatable bonds is 46. The zero-order chi connectivity index (χ0) is 45.7. The van der Waals surface area contributed by atoms with Crippen molar-refractivity contribution in [2.45, 2.75) is 275 Å². The van der Waals surface area contributed by atoms with Crippen molar-refractivity contribution in [1.29, 1.82) is 0 Å². The summed E-state index contributed by atoms with van der Waals surface area (Å²) in [6.45, 7) is 4.47. The van der Waals surface area contributed by atoms with Crippen molar-refractivity contribution in [3.8, 4) is 0 Å². The Balaban J connectivity index is 2.18. The van der Waals surface area contributed by atoms with E-state index in [9.17, 15) is 25.2 Å². The molecule has 1 heterocycles. The van der Waals surface area contributed by atoms with Crippen molar-refractivity contribution in [1.82, 2.24) is 0 Å². The maximum atomic E-state index is 12.9. The fourth-order valence-corrected chi connectivity index (χ4v) is 8.21. The van der Waals surface area contributed by atoms with Gasteiger partial charge < -0.3 is 39.4 Å². The average Bonchev–Trinajstić information content (AvgIpc) is 3.28. The summed E-state index contributed by atoms with van der Waals surface area (Å²) < 4.78 is 22.9. The zero-order valence-corrected chi connectivity index (χ0v) is 40.8. The van der Waals surface area contributed by atoms with E-state index >= 15 is 0 Å². The van der Waals surface area contributed by atoms with Gasteiger partial charge in [0.25, 0.3) is 0 Å². The first-order valence-electron chi connectivity index (χ1n) is 26.6. The van der Waals surface area contributed by atoms with E-state index in [2.05, 4.69) is 50.3 Å². The predicted molar refractivity (Wildman–Crippen MR) is 261 cm³/mol. The molecule has 9 nitrogen and oxygen atoms in total. The van der Waals surface area contributed by atoms with Crippen molar-refractivity contribution in [2.75, 3.05) is 26.4 Å². The third-order valence-corrected chi connectivity index (χ3v) is 12.3. The van der Waals surface area contributed by atoms with Gasteiger partial charge in [-0.1, -0.05) is 224 Å². The number of ether oxygens (including phenoxy) is 4. The minimum Gasteiger partial charge on any atom is -0.457 e. The van der Waals surface area contributed by atoms with Gasteiger partial charge in [-0.2, -0.15) is 0 Å². The lowest BCUT2D eigenvalue weighted by atomic mass is 9.99. The third-order valence-electron chi connectivity index (χ3n) is 12.3. The molecule has 1 saturated heterocycles. The second-order valence-electron chi connectivity index (χ2n) is 18.3. The van der Waals surface area contributed by atoms with Crippen LogP contribution in [0.5, 0.6) is 0 Å². The second-order valence-corrected chi connectivity index (χ2v) is 18.3. The maximum absolute atomic E-state index is 12.9. The van der Waals surface area contributed by atoms with Crippen LogP contribution in [0.3, 0.4) is 0 Å². The molecule has 1 aliphatic rings. The quantitative estimate of drug-likeness (QED) is 0.0268. The molecule has 0 saturated carbocycles. The molecule has 6 atom stereocenters. The van der Waals surface area contributed by atoms with Crippen LogP contribution in [-0.2, 0) is 23.7 Å². The highest BCUT2D eigenvalue weighted by molar-refractivity contribution is 5.69. The molecule has 1 fully saturated rings. The molecule has 9 heteroatoms. The van der Waals surface area contributed by atoms with Crippen LogP contribution in [0.1, 0.15) is 239 Å². The van der Waals surface area contributed by atoms with Crippen molar-refractivity contribution in [3.63, 3.8) is 0 Å². The van der Waals surface area contributed by atoms with E-state index in [1.165, 1.54) is 161 Å². The van der Waals surface area contributed by atoms with Crippen molar-refractivity contribution >= 4 is 5.97 Å². The first kappa shape index (κ1) is 59.4. The van der Waals surface area contributed by atoms with Crippen LogP contribution in [0.2, 0.25) is 0 Å². The summed E-state index contributed by atoms with van der Waals surface area (Å²) in [5, 5.41) is 40.3. The Bertz CT molecular complexity index is 1060. The molecule has 0 amide bonds. The molecule has 0 aliphatic carbocycles. The number of aliphatic hydroxyl groups is 4. The second kappa shape index (κ2) is 45.6. The first-order valence-corrected chi connectivity index (χ1v) is 26.6. The predicted octanol–water partition coefficient (Wildman–Crippen LogP) is 13.1. The van der Waals surface area contributed by atoms with Crippen LogP contribution in [0.25, 0.3) is 0 Å². The fraction of sp³-hybridized carbons (Fsp3) is 0.870. The van der Waals surface area contributed by atoms with E-state index < -0.39 is 43.4 Å². The number of unbranched alkanes of at least 4 members (excludes halogenated alkanes) is 29. The summed E-state index contributed by atoms with van der Waals surface area (Å²) in [4.78, 5) is 12.9. The van der Waals surface area contributed by atoms with Crippen LogP contribution in [-0.4, -0.2) is 89.6 Å². The van der Waals surface area contributed by atoms with Crippen molar-refractivity contribution in [2.24, 2.45) is 0 Å². The molecule has 63 heavy (non-hydrogen) atoms. The number of aliphatic hydroxyl groups excluding tert-OH is 4. The standard InChI is InChI=1S/C54H100O9/c1-3-5-7-9-11-13-15-17-19-21-23-24-25-26-27-29-31-33-35-37-39-41-43-50(56)62-48(47-61-54-53(59)52(58)51(57)49(45-55)63-54)46-60-44-42-40-38-36-34-32-30-28-22-20-18-16-14-12-10-8-6-4-2/h6,8,12,14,18,20,48-49,51-55,57-59H,3-5,7,9-11,13,15-17,19,21-47H2,1-2H3/b8-6-,14-12-,20-18-. The van der Waals surface area contributed by atoms with Crippen LogP contribution >= 0.6 is 0 Å². The smallest absolute Gasteiger partial charge is 0.306 e. The Morgan fingerprint density at radius 2 is 0.968 bits per heavy atom. The molecule has 0 spiro atoms. The molecule has 4 N–H and O–H groups in total. The third kappa shape index (κ3) is 36.2. The van der Waals surface area contributed by atoms with E-state index in [0.29, 0.717) is 13.0 Å². The number of allylic oxidation sites excluding steroid dienone is 6. The van der Waals surface area contributed by atoms with E-state index in [4.69, 9.17) is 18.9 Å². The monoisotopic (exact) mass is 893 g/mol. The molecule has 1 rings (SSSR count). The summed E-state index contributed by atoms with van der Waals surface area (Å²) in [5.74, 6) is -0.312. The highest BCUT2D eigenvalue weighted by atomic mass is 16.7. The molecule has 0 bridgehead atoms. The van der Waals surface area contributed by atoms with Gasteiger partial charge in [-0.25, -0.2) is 0 Å². The SMILES string of the molecule is CC/C=C\C/C=C\C/C=C\CCCCCCCCCCOCC(COC1OC(CO)C(O)C(O)C1O)OC(=O)CCCCCCCCCCCCCCCCCCCCCCCC. The molecule has 6 unspecified atom stereocenters. The maximum Gasteiger partial charge on any atom is 0.306 e. The topological polar surface area (TPSA) is 135 Å².